The van der Waals surface area contributed by atoms with Crippen LogP contribution in [0.4, 0.5) is 5.13 Å². The summed E-state index contributed by atoms with van der Waals surface area (Å²) in [5.74, 6) is -0.830. The number of hydrogen-bond acceptors (Lipinski definition) is 7. The fourth-order valence-electron chi connectivity index (χ4n) is 2.37. The second kappa shape index (κ2) is 8.21. The lowest BCUT2D eigenvalue weighted by atomic mass is 10.1. The van der Waals surface area contributed by atoms with Crippen LogP contribution in [0.15, 0.2) is 58.8 Å². The number of sulfone groups is 1. The molecular formula is C19H15N3O4S2. The number of rotatable bonds is 6. The quantitative estimate of drug-likeness (QED) is 0.665. The first kappa shape index (κ1) is 19.5. The molecule has 0 saturated carbocycles. The summed E-state index contributed by atoms with van der Waals surface area (Å²) in [4.78, 5) is 16.5. The molecule has 1 N–H and O–H groups in total. The largest absolute Gasteiger partial charge is 0.497 e. The van der Waals surface area contributed by atoms with Gasteiger partial charge in [0.05, 0.1) is 29.3 Å². The van der Waals surface area contributed by atoms with Gasteiger partial charge in [-0.05, 0) is 36.4 Å². The van der Waals surface area contributed by atoms with Crippen LogP contribution in [0, 0.1) is 11.3 Å². The topological polar surface area (TPSA) is 109 Å². The summed E-state index contributed by atoms with van der Waals surface area (Å²) in [5, 5.41) is 13.4. The molecule has 0 atom stereocenters. The highest BCUT2D eigenvalue weighted by Gasteiger charge is 2.20. The molecule has 1 aromatic heterocycles. The van der Waals surface area contributed by atoms with Crippen molar-refractivity contribution in [3.8, 4) is 23.1 Å². The minimum absolute atomic E-state index is 0.0425. The normalized spacial score (nSPS) is 10.9. The molecule has 0 aliphatic carbocycles. The Bertz CT molecular complexity index is 1130. The van der Waals surface area contributed by atoms with Crippen molar-refractivity contribution in [1.82, 2.24) is 4.98 Å². The summed E-state index contributed by atoms with van der Waals surface area (Å²) in [6.07, 6.45) is 0. The molecule has 0 spiro atoms. The Kier molecular flexibility index (Phi) is 5.73. The van der Waals surface area contributed by atoms with Crippen LogP contribution < -0.4 is 10.1 Å². The molecule has 0 unspecified atom stereocenters. The summed E-state index contributed by atoms with van der Waals surface area (Å²) in [6, 6.07) is 14.7. The fourth-order valence-corrected chi connectivity index (χ4v) is 4.24. The predicted octanol–water partition coefficient (Wildman–Crippen LogP) is 3.10. The first-order valence-corrected chi connectivity index (χ1v) is 10.6. The molecule has 0 radical (unpaired) electrons. The molecule has 28 heavy (non-hydrogen) atoms. The zero-order valence-corrected chi connectivity index (χ0v) is 16.4. The van der Waals surface area contributed by atoms with Gasteiger partial charge in [-0.25, -0.2) is 13.4 Å². The average molecular weight is 413 g/mol. The molecule has 9 heteroatoms. The lowest BCUT2D eigenvalue weighted by Crippen LogP contribution is -2.22. The van der Waals surface area contributed by atoms with Crippen molar-refractivity contribution >= 4 is 32.2 Å². The number of aromatic nitrogens is 1. The van der Waals surface area contributed by atoms with E-state index in [-0.39, 0.29) is 4.90 Å². The highest BCUT2D eigenvalue weighted by molar-refractivity contribution is 7.92. The highest BCUT2D eigenvalue weighted by Crippen LogP contribution is 2.25. The van der Waals surface area contributed by atoms with Crippen LogP contribution in [0.3, 0.4) is 0 Å². The maximum Gasteiger partial charge on any atom is 0.241 e. The van der Waals surface area contributed by atoms with E-state index in [1.165, 1.54) is 42.7 Å². The van der Waals surface area contributed by atoms with Gasteiger partial charge in [0, 0.05) is 10.9 Å². The molecule has 7 nitrogen and oxygen atoms in total. The fraction of sp³-hybridized carbons (Fsp3) is 0.105. The monoisotopic (exact) mass is 413 g/mol. The molecule has 0 saturated heterocycles. The van der Waals surface area contributed by atoms with E-state index >= 15 is 0 Å². The first-order chi connectivity index (χ1) is 13.4. The lowest BCUT2D eigenvalue weighted by molar-refractivity contribution is -0.113. The van der Waals surface area contributed by atoms with Crippen molar-refractivity contribution in [2.24, 2.45) is 0 Å². The molecule has 1 heterocycles. The molecular weight excluding hydrogens is 398 g/mol. The van der Waals surface area contributed by atoms with Crippen molar-refractivity contribution in [1.29, 1.82) is 5.26 Å². The Hall–Kier alpha value is -3.22. The lowest BCUT2D eigenvalue weighted by Gasteiger charge is -2.05. The number of carbonyl (C=O) groups excluding carboxylic acids is 1. The number of nitrogens with one attached hydrogen (secondary N) is 1. The Labute approximate surface area is 166 Å². The van der Waals surface area contributed by atoms with Crippen molar-refractivity contribution in [2.45, 2.75) is 4.90 Å². The second-order valence-electron chi connectivity index (χ2n) is 5.71. The number of nitrogens with zero attached hydrogens (tertiary/aromatic N) is 2. The van der Waals surface area contributed by atoms with E-state index < -0.39 is 21.5 Å². The Morgan fingerprint density at radius 2 is 1.86 bits per heavy atom. The number of hydrogen-bond donors (Lipinski definition) is 1. The molecule has 3 rings (SSSR count). The van der Waals surface area contributed by atoms with Crippen LogP contribution in [0.25, 0.3) is 11.3 Å². The SMILES string of the molecule is COc1ccc(S(=O)(=O)CC(=O)Nc2nc(-c3ccc(C#N)cc3)cs2)cc1. The van der Waals surface area contributed by atoms with Crippen molar-refractivity contribution in [2.75, 3.05) is 18.2 Å². The summed E-state index contributed by atoms with van der Waals surface area (Å²) in [7, 11) is -2.30. The van der Waals surface area contributed by atoms with E-state index in [9.17, 15) is 13.2 Å². The number of benzene rings is 2. The van der Waals surface area contributed by atoms with Gasteiger partial charge < -0.3 is 10.1 Å². The molecule has 0 aliphatic heterocycles. The minimum Gasteiger partial charge on any atom is -0.497 e. The number of methoxy groups -OCH3 is 1. The van der Waals surface area contributed by atoms with Gasteiger partial charge in [-0.3, -0.25) is 4.79 Å². The van der Waals surface area contributed by atoms with Crippen molar-refractivity contribution in [3.63, 3.8) is 0 Å². The summed E-state index contributed by atoms with van der Waals surface area (Å²) < 4.78 is 29.7. The van der Waals surface area contributed by atoms with E-state index in [1.807, 2.05) is 6.07 Å². The van der Waals surface area contributed by atoms with Crippen LogP contribution in [-0.2, 0) is 14.6 Å². The van der Waals surface area contributed by atoms with Crippen molar-refractivity contribution < 1.29 is 17.9 Å². The zero-order chi connectivity index (χ0) is 20.1. The Morgan fingerprint density at radius 1 is 1.18 bits per heavy atom. The zero-order valence-electron chi connectivity index (χ0n) is 14.7. The Balaban J connectivity index is 1.67. The number of nitriles is 1. The van der Waals surface area contributed by atoms with Gasteiger partial charge in [0.2, 0.25) is 5.91 Å². The highest BCUT2D eigenvalue weighted by atomic mass is 32.2. The molecule has 1 amide bonds. The average Bonchev–Trinajstić information content (AvgIpc) is 3.16. The molecule has 0 bridgehead atoms. The predicted molar refractivity (Wildman–Crippen MR) is 106 cm³/mol. The smallest absolute Gasteiger partial charge is 0.241 e. The van der Waals surface area contributed by atoms with E-state index in [2.05, 4.69) is 10.3 Å². The number of anilines is 1. The van der Waals surface area contributed by atoms with Gasteiger partial charge in [-0.2, -0.15) is 5.26 Å². The molecule has 142 valence electrons. The summed E-state index contributed by atoms with van der Waals surface area (Å²) in [5.41, 5.74) is 1.96. The molecule has 3 aromatic rings. The van der Waals surface area contributed by atoms with Crippen LogP contribution in [0.5, 0.6) is 5.75 Å². The maximum atomic E-state index is 12.4. The second-order valence-corrected chi connectivity index (χ2v) is 8.56. The first-order valence-electron chi connectivity index (χ1n) is 8.04. The van der Waals surface area contributed by atoms with Gasteiger partial charge in [0.25, 0.3) is 0 Å². The van der Waals surface area contributed by atoms with E-state index in [4.69, 9.17) is 10.00 Å². The van der Waals surface area contributed by atoms with E-state index in [0.717, 1.165) is 5.56 Å². The van der Waals surface area contributed by atoms with E-state index in [1.54, 1.807) is 29.6 Å². The van der Waals surface area contributed by atoms with Gasteiger partial charge in [-0.15, -0.1) is 11.3 Å². The van der Waals surface area contributed by atoms with Crippen LogP contribution >= 0.6 is 11.3 Å². The van der Waals surface area contributed by atoms with Gasteiger partial charge in [-0.1, -0.05) is 12.1 Å². The molecule has 0 aliphatic rings. The number of thiazole rings is 1. The molecule has 2 aromatic carbocycles. The number of carbonyl (C=O) groups is 1. The van der Waals surface area contributed by atoms with Crippen molar-refractivity contribution in [3.05, 3.63) is 59.5 Å². The van der Waals surface area contributed by atoms with E-state index in [0.29, 0.717) is 22.1 Å². The standard InChI is InChI=1S/C19H15N3O4S2/c1-26-15-6-8-16(9-7-15)28(24,25)12-18(23)22-19-21-17(11-27-19)14-4-2-13(10-20)3-5-14/h2-9,11H,12H2,1H3,(H,21,22,23). The minimum atomic E-state index is -3.78. The van der Waals surface area contributed by atoms with Crippen LogP contribution in [0.2, 0.25) is 0 Å². The van der Waals surface area contributed by atoms with Gasteiger partial charge >= 0.3 is 0 Å². The maximum absolute atomic E-state index is 12.4. The summed E-state index contributed by atoms with van der Waals surface area (Å²) in [6.45, 7) is 0. The third-order valence-electron chi connectivity index (χ3n) is 3.80. The van der Waals surface area contributed by atoms with Crippen LogP contribution in [0.1, 0.15) is 5.56 Å². The number of ether oxygens (including phenoxy) is 1. The number of amides is 1. The van der Waals surface area contributed by atoms with Gasteiger partial charge in [0.15, 0.2) is 15.0 Å². The summed E-state index contributed by atoms with van der Waals surface area (Å²) >= 11 is 1.19. The third kappa shape index (κ3) is 4.54. The Morgan fingerprint density at radius 3 is 2.46 bits per heavy atom. The van der Waals surface area contributed by atoms with Crippen LogP contribution in [-0.4, -0.2) is 32.2 Å². The molecule has 0 fully saturated rings. The van der Waals surface area contributed by atoms with Gasteiger partial charge in [0.1, 0.15) is 11.5 Å². The third-order valence-corrected chi connectivity index (χ3v) is 6.19.